The molecule has 0 radical (unpaired) electrons. The average Bonchev–Trinajstić information content (AvgIpc) is 3.14. The van der Waals surface area contributed by atoms with E-state index in [9.17, 15) is 9.65 Å². The SMILES string of the molecule is N#Cc1cccc(-c2nc(N)c3cc(Cc4ccccc4F)nn3c2C#N)c1. The van der Waals surface area contributed by atoms with E-state index in [1.54, 1.807) is 48.5 Å². The zero-order chi connectivity index (χ0) is 19.7. The van der Waals surface area contributed by atoms with Crippen LogP contribution in [-0.4, -0.2) is 14.6 Å². The Morgan fingerprint density at radius 3 is 2.61 bits per heavy atom. The minimum Gasteiger partial charge on any atom is -0.382 e. The van der Waals surface area contributed by atoms with E-state index in [0.29, 0.717) is 33.6 Å². The fraction of sp³-hybridized carbons (Fsp3) is 0.0476. The van der Waals surface area contributed by atoms with Crippen LogP contribution in [0.4, 0.5) is 10.2 Å². The van der Waals surface area contributed by atoms with Gasteiger partial charge in [-0.15, -0.1) is 0 Å². The smallest absolute Gasteiger partial charge is 0.169 e. The molecule has 4 rings (SSSR count). The van der Waals surface area contributed by atoms with Crippen molar-refractivity contribution in [3.63, 3.8) is 0 Å². The summed E-state index contributed by atoms with van der Waals surface area (Å²) >= 11 is 0. The van der Waals surface area contributed by atoms with Gasteiger partial charge < -0.3 is 5.73 Å². The summed E-state index contributed by atoms with van der Waals surface area (Å²) in [5, 5.41) is 23.3. The van der Waals surface area contributed by atoms with Gasteiger partial charge in [0, 0.05) is 12.0 Å². The van der Waals surface area contributed by atoms with E-state index in [0.717, 1.165) is 0 Å². The number of nitrogen functional groups attached to an aromatic ring is 1. The first kappa shape index (κ1) is 17.2. The Bertz CT molecular complexity index is 1290. The lowest BCUT2D eigenvalue weighted by atomic mass is 10.1. The molecule has 28 heavy (non-hydrogen) atoms. The first-order chi connectivity index (χ1) is 13.6. The molecule has 0 spiro atoms. The number of anilines is 1. The van der Waals surface area contributed by atoms with Gasteiger partial charge in [-0.05, 0) is 29.8 Å². The van der Waals surface area contributed by atoms with Crippen LogP contribution in [0.1, 0.15) is 22.5 Å². The summed E-state index contributed by atoms with van der Waals surface area (Å²) in [5.41, 5.74) is 9.22. The highest BCUT2D eigenvalue weighted by atomic mass is 19.1. The van der Waals surface area contributed by atoms with Crippen LogP contribution in [0.5, 0.6) is 0 Å². The van der Waals surface area contributed by atoms with E-state index in [4.69, 9.17) is 11.0 Å². The van der Waals surface area contributed by atoms with Gasteiger partial charge in [0.1, 0.15) is 28.9 Å². The van der Waals surface area contributed by atoms with E-state index < -0.39 is 0 Å². The zero-order valence-corrected chi connectivity index (χ0v) is 14.6. The molecule has 2 aromatic carbocycles. The van der Waals surface area contributed by atoms with Gasteiger partial charge in [-0.2, -0.15) is 15.6 Å². The standard InChI is InChI=1S/C21H13FN6/c22-17-7-2-1-5-14(17)9-16-10-18-21(25)26-20(19(12-24)28(18)27-16)15-6-3-4-13(8-15)11-23/h1-8,10H,9H2,(H2,25,26). The largest absolute Gasteiger partial charge is 0.382 e. The maximum atomic E-state index is 14.0. The lowest BCUT2D eigenvalue weighted by Gasteiger charge is -2.07. The van der Waals surface area contributed by atoms with Crippen LogP contribution in [0.3, 0.4) is 0 Å². The van der Waals surface area contributed by atoms with Crippen molar-refractivity contribution in [2.45, 2.75) is 6.42 Å². The van der Waals surface area contributed by atoms with Gasteiger partial charge in [0.2, 0.25) is 0 Å². The summed E-state index contributed by atoms with van der Waals surface area (Å²) < 4.78 is 15.4. The molecule has 0 saturated heterocycles. The Balaban J connectivity index is 1.87. The molecule has 4 aromatic rings. The third kappa shape index (κ3) is 2.91. The quantitative estimate of drug-likeness (QED) is 0.596. The highest BCUT2D eigenvalue weighted by Gasteiger charge is 2.17. The van der Waals surface area contributed by atoms with Gasteiger partial charge in [-0.25, -0.2) is 13.9 Å². The molecule has 2 N–H and O–H groups in total. The lowest BCUT2D eigenvalue weighted by Crippen LogP contribution is -2.05. The third-order valence-electron chi connectivity index (χ3n) is 4.39. The zero-order valence-electron chi connectivity index (χ0n) is 14.6. The van der Waals surface area contributed by atoms with Crippen LogP contribution in [-0.2, 0) is 6.42 Å². The second kappa shape index (κ2) is 6.82. The molecular formula is C21H13FN6. The van der Waals surface area contributed by atoms with Gasteiger partial charge in [-0.3, -0.25) is 0 Å². The Morgan fingerprint density at radius 1 is 1.04 bits per heavy atom. The highest BCUT2D eigenvalue weighted by Crippen LogP contribution is 2.27. The number of hydrogen-bond donors (Lipinski definition) is 1. The van der Waals surface area contributed by atoms with E-state index in [1.807, 2.05) is 0 Å². The molecule has 2 heterocycles. The summed E-state index contributed by atoms with van der Waals surface area (Å²) in [5.74, 6) is -0.121. The number of halogens is 1. The number of rotatable bonds is 3. The van der Waals surface area contributed by atoms with Gasteiger partial charge in [0.05, 0.1) is 17.3 Å². The fourth-order valence-electron chi connectivity index (χ4n) is 3.07. The molecule has 7 heteroatoms. The summed E-state index contributed by atoms with van der Waals surface area (Å²) in [6.45, 7) is 0. The molecule has 0 atom stereocenters. The van der Waals surface area contributed by atoms with Crippen molar-refractivity contribution < 1.29 is 4.39 Å². The Hall–Kier alpha value is -4.23. The lowest BCUT2D eigenvalue weighted by molar-refractivity contribution is 0.613. The second-order valence-corrected chi connectivity index (χ2v) is 6.20. The Morgan fingerprint density at radius 2 is 1.86 bits per heavy atom. The van der Waals surface area contributed by atoms with E-state index in [2.05, 4.69) is 22.2 Å². The molecule has 0 aliphatic rings. The second-order valence-electron chi connectivity index (χ2n) is 6.20. The van der Waals surface area contributed by atoms with Crippen molar-refractivity contribution in [2.24, 2.45) is 0 Å². The Kier molecular flexibility index (Phi) is 4.19. The molecule has 0 fully saturated rings. The van der Waals surface area contributed by atoms with Crippen molar-refractivity contribution in [3.05, 3.63) is 82.9 Å². The molecule has 2 aromatic heterocycles. The number of benzene rings is 2. The van der Waals surface area contributed by atoms with Crippen molar-refractivity contribution in [3.8, 4) is 23.4 Å². The molecule has 0 amide bonds. The van der Waals surface area contributed by atoms with Crippen molar-refractivity contribution in [1.82, 2.24) is 14.6 Å². The topological polar surface area (TPSA) is 104 Å². The van der Waals surface area contributed by atoms with Crippen LogP contribution in [0.15, 0.2) is 54.6 Å². The van der Waals surface area contributed by atoms with Crippen LogP contribution in [0.25, 0.3) is 16.8 Å². The first-order valence-electron chi connectivity index (χ1n) is 8.43. The molecule has 0 unspecified atom stereocenters. The first-order valence-corrected chi connectivity index (χ1v) is 8.43. The molecule has 0 aliphatic heterocycles. The maximum absolute atomic E-state index is 14.0. The van der Waals surface area contributed by atoms with Crippen molar-refractivity contribution in [2.75, 3.05) is 5.73 Å². The van der Waals surface area contributed by atoms with Gasteiger partial charge in [0.25, 0.3) is 0 Å². The number of hydrogen-bond acceptors (Lipinski definition) is 5. The summed E-state index contributed by atoms with van der Waals surface area (Å²) in [6, 6.07) is 19.1. The summed E-state index contributed by atoms with van der Waals surface area (Å²) in [4.78, 5) is 4.37. The average molecular weight is 368 g/mol. The van der Waals surface area contributed by atoms with Crippen LogP contribution in [0, 0.1) is 28.5 Å². The molecule has 134 valence electrons. The monoisotopic (exact) mass is 368 g/mol. The molecule has 0 aliphatic carbocycles. The summed E-state index contributed by atoms with van der Waals surface area (Å²) in [6.07, 6.45) is 0.262. The molecule has 0 saturated carbocycles. The number of fused-ring (bicyclic) bond motifs is 1. The predicted octanol–water partition coefficient (Wildman–Crippen LogP) is 3.45. The number of nitriles is 2. The normalized spacial score (nSPS) is 10.5. The molecule has 6 nitrogen and oxygen atoms in total. The van der Waals surface area contributed by atoms with Gasteiger partial charge >= 0.3 is 0 Å². The molecular weight excluding hydrogens is 355 g/mol. The number of aromatic nitrogens is 3. The van der Waals surface area contributed by atoms with Gasteiger partial charge in [-0.1, -0.05) is 30.3 Å². The van der Waals surface area contributed by atoms with Gasteiger partial charge in [0.15, 0.2) is 5.69 Å². The van der Waals surface area contributed by atoms with E-state index >= 15 is 0 Å². The third-order valence-corrected chi connectivity index (χ3v) is 4.39. The highest BCUT2D eigenvalue weighted by molar-refractivity contribution is 5.75. The number of nitrogens with zero attached hydrogens (tertiary/aromatic N) is 5. The predicted molar refractivity (Wildman–Crippen MR) is 101 cm³/mol. The molecule has 0 bridgehead atoms. The van der Waals surface area contributed by atoms with Crippen molar-refractivity contribution >= 4 is 11.3 Å². The fourth-order valence-corrected chi connectivity index (χ4v) is 3.07. The van der Waals surface area contributed by atoms with Crippen LogP contribution in [0.2, 0.25) is 0 Å². The summed E-state index contributed by atoms with van der Waals surface area (Å²) in [7, 11) is 0. The van der Waals surface area contributed by atoms with E-state index in [1.165, 1.54) is 10.6 Å². The maximum Gasteiger partial charge on any atom is 0.169 e. The van der Waals surface area contributed by atoms with Crippen molar-refractivity contribution in [1.29, 1.82) is 10.5 Å². The van der Waals surface area contributed by atoms with Crippen LogP contribution >= 0.6 is 0 Å². The van der Waals surface area contributed by atoms with E-state index in [-0.39, 0.29) is 23.7 Å². The Labute approximate surface area is 159 Å². The number of nitrogens with two attached hydrogens (primary N) is 1. The minimum absolute atomic E-state index is 0.194. The minimum atomic E-state index is -0.319. The van der Waals surface area contributed by atoms with Crippen LogP contribution < -0.4 is 5.73 Å².